The van der Waals surface area contributed by atoms with E-state index in [9.17, 15) is 4.79 Å². The van der Waals surface area contributed by atoms with Gasteiger partial charge in [-0.05, 0) is 73.6 Å². The number of aromatic nitrogens is 1. The van der Waals surface area contributed by atoms with Crippen molar-refractivity contribution < 1.29 is 9.53 Å². The SMILES string of the molecule is CCc1ccccc1C(=O)Nc1cc2cc(OC3CCNCC3)ccc2cn1. The summed E-state index contributed by atoms with van der Waals surface area (Å²) in [6.07, 6.45) is 4.89. The maximum absolute atomic E-state index is 12.7. The van der Waals surface area contributed by atoms with E-state index in [0.717, 1.165) is 54.4 Å². The molecule has 0 unspecified atom stereocenters. The van der Waals surface area contributed by atoms with Gasteiger partial charge in [-0.25, -0.2) is 4.98 Å². The van der Waals surface area contributed by atoms with Crippen molar-refractivity contribution in [3.63, 3.8) is 0 Å². The van der Waals surface area contributed by atoms with Crippen LogP contribution in [-0.4, -0.2) is 30.1 Å². The zero-order valence-electron chi connectivity index (χ0n) is 16.1. The molecule has 0 radical (unpaired) electrons. The number of anilines is 1. The predicted octanol–water partition coefficient (Wildman–Crippen LogP) is 4.18. The van der Waals surface area contributed by atoms with E-state index in [1.54, 1.807) is 6.20 Å². The van der Waals surface area contributed by atoms with Crippen LogP contribution in [-0.2, 0) is 6.42 Å². The fourth-order valence-electron chi connectivity index (χ4n) is 3.60. The van der Waals surface area contributed by atoms with E-state index in [0.29, 0.717) is 11.4 Å². The zero-order valence-corrected chi connectivity index (χ0v) is 16.1. The first-order valence-electron chi connectivity index (χ1n) is 9.89. The van der Waals surface area contributed by atoms with Gasteiger partial charge in [0.25, 0.3) is 5.91 Å². The minimum Gasteiger partial charge on any atom is -0.490 e. The van der Waals surface area contributed by atoms with Gasteiger partial charge in [0.2, 0.25) is 0 Å². The molecule has 0 spiro atoms. The third kappa shape index (κ3) is 4.15. The van der Waals surface area contributed by atoms with Crippen LogP contribution in [0.25, 0.3) is 10.8 Å². The monoisotopic (exact) mass is 375 g/mol. The molecule has 0 saturated carbocycles. The number of piperidine rings is 1. The Labute approximate surface area is 165 Å². The average Bonchev–Trinajstić information content (AvgIpc) is 2.74. The molecule has 0 aliphatic carbocycles. The van der Waals surface area contributed by atoms with Gasteiger partial charge in [-0.2, -0.15) is 0 Å². The molecule has 4 rings (SSSR count). The number of hydrogen-bond acceptors (Lipinski definition) is 4. The van der Waals surface area contributed by atoms with Gasteiger partial charge in [0.15, 0.2) is 0 Å². The van der Waals surface area contributed by atoms with Gasteiger partial charge in [-0.15, -0.1) is 0 Å². The number of carbonyl (C=O) groups is 1. The summed E-state index contributed by atoms with van der Waals surface area (Å²) in [7, 11) is 0. The molecule has 1 aromatic heterocycles. The summed E-state index contributed by atoms with van der Waals surface area (Å²) >= 11 is 0. The van der Waals surface area contributed by atoms with E-state index < -0.39 is 0 Å². The van der Waals surface area contributed by atoms with Gasteiger partial charge in [0.05, 0.1) is 0 Å². The predicted molar refractivity (Wildman–Crippen MR) is 112 cm³/mol. The summed E-state index contributed by atoms with van der Waals surface area (Å²) in [5.74, 6) is 1.27. The second kappa shape index (κ2) is 8.40. The van der Waals surface area contributed by atoms with Crippen molar-refractivity contribution in [1.29, 1.82) is 0 Å². The number of amides is 1. The maximum atomic E-state index is 12.7. The molecule has 1 saturated heterocycles. The van der Waals surface area contributed by atoms with Crippen LogP contribution in [0.4, 0.5) is 5.82 Å². The lowest BCUT2D eigenvalue weighted by molar-refractivity contribution is 0.102. The molecule has 1 amide bonds. The number of ether oxygens (including phenoxy) is 1. The summed E-state index contributed by atoms with van der Waals surface area (Å²) < 4.78 is 6.14. The van der Waals surface area contributed by atoms with Crippen molar-refractivity contribution in [2.24, 2.45) is 0 Å². The number of carbonyl (C=O) groups excluding carboxylic acids is 1. The molecule has 0 bridgehead atoms. The summed E-state index contributed by atoms with van der Waals surface area (Å²) in [4.78, 5) is 17.1. The number of nitrogens with zero attached hydrogens (tertiary/aromatic N) is 1. The molecule has 1 aliphatic heterocycles. The first kappa shape index (κ1) is 18.4. The van der Waals surface area contributed by atoms with Crippen molar-refractivity contribution >= 4 is 22.5 Å². The van der Waals surface area contributed by atoms with Gasteiger partial charge < -0.3 is 15.4 Å². The Morgan fingerprint density at radius 2 is 1.96 bits per heavy atom. The first-order chi connectivity index (χ1) is 13.7. The summed E-state index contributed by atoms with van der Waals surface area (Å²) in [5, 5.41) is 8.29. The van der Waals surface area contributed by atoms with Crippen molar-refractivity contribution in [3.05, 3.63) is 65.9 Å². The lowest BCUT2D eigenvalue weighted by Gasteiger charge is -2.24. The fraction of sp³-hybridized carbons (Fsp3) is 0.304. The second-order valence-electron chi connectivity index (χ2n) is 7.11. The Morgan fingerprint density at radius 3 is 2.79 bits per heavy atom. The van der Waals surface area contributed by atoms with E-state index in [4.69, 9.17) is 4.74 Å². The van der Waals surface area contributed by atoms with Crippen molar-refractivity contribution in [1.82, 2.24) is 10.3 Å². The number of hydrogen-bond donors (Lipinski definition) is 2. The van der Waals surface area contributed by atoms with Gasteiger partial charge in [0.1, 0.15) is 17.7 Å². The van der Waals surface area contributed by atoms with E-state index in [-0.39, 0.29) is 12.0 Å². The Kier molecular flexibility index (Phi) is 5.53. The highest BCUT2D eigenvalue weighted by molar-refractivity contribution is 6.05. The molecule has 1 fully saturated rings. The molecule has 0 atom stereocenters. The highest BCUT2D eigenvalue weighted by Gasteiger charge is 2.15. The summed E-state index contributed by atoms with van der Waals surface area (Å²) in [6.45, 7) is 4.04. The van der Waals surface area contributed by atoms with Gasteiger partial charge >= 0.3 is 0 Å². The van der Waals surface area contributed by atoms with Crippen LogP contribution in [0.1, 0.15) is 35.7 Å². The fourth-order valence-corrected chi connectivity index (χ4v) is 3.60. The Morgan fingerprint density at radius 1 is 1.14 bits per heavy atom. The summed E-state index contributed by atoms with van der Waals surface area (Å²) in [6, 6.07) is 15.6. The third-order valence-electron chi connectivity index (χ3n) is 5.17. The smallest absolute Gasteiger partial charge is 0.257 e. The van der Waals surface area contributed by atoms with Crippen LogP contribution in [0.2, 0.25) is 0 Å². The number of pyridine rings is 1. The molecule has 3 aromatic rings. The number of benzene rings is 2. The quantitative estimate of drug-likeness (QED) is 0.702. The van der Waals surface area contributed by atoms with Crippen LogP contribution < -0.4 is 15.4 Å². The Hall–Kier alpha value is -2.92. The van der Waals surface area contributed by atoms with Gasteiger partial charge in [0, 0.05) is 17.1 Å². The van der Waals surface area contributed by atoms with E-state index in [1.807, 2.05) is 55.5 Å². The largest absolute Gasteiger partial charge is 0.490 e. The summed E-state index contributed by atoms with van der Waals surface area (Å²) in [5.41, 5.74) is 1.72. The molecule has 2 heterocycles. The molecule has 28 heavy (non-hydrogen) atoms. The molecule has 5 heteroatoms. The number of nitrogens with one attached hydrogen (secondary N) is 2. The Bertz CT molecular complexity index is 980. The standard InChI is InChI=1S/C23H25N3O2/c1-2-16-5-3-4-6-21(16)23(27)26-22-14-18-13-20(8-7-17(18)15-25-22)28-19-9-11-24-12-10-19/h3-8,13-15,19,24H,2,9-12H2,1H3,(H,25,26,27). The lowest BCUT2D eigenvalue weighted by Crippen LogP contribution is -2.34. The van der Waals surface area contributed by atoms with Crippen molar-refractivity contribution in [3.8, 4) is 5.75 Å². The highest BCUT2D eigenvalue weighted by atomic mass is 16.5. The second-order valence-corrected chi connectivity index (χ2v) is 7.11. The molecule has 1 aliphatic rings. The lowest BCUT2D eigenvalue weighted by atomic mass is 10.0. The molecular weight excluding hydrogens is 350 g/mol. The van der Waals surface area contributed by atoms with Gasteiger partial charge in [-0.1, -0.05) is 25.1 Å². The normalized spacial score (nSPS) is 14.8. The van der Waals surface area contributed by atoms with Crippen LogP contribution in [0.5, 0.6) is 5.75 Å². The Balaban J connectivity index is 1.53. The van der Waals surface area contributed by atoms with Crippen LogP contribution >= 0.6 is 0 Å². The molecule has 2 N–H and O–H groups in total. The maximum Gasteiger partial charge on any atom is 0.257 e. The van der Waals surface area contributed by atoms with Crippen molar-refractivity contribution in [2.75, 3.05) is 18.4 Å². The highest BCUT2D eigenvalue weighted by Crippen LogP contribution is 2.25. The minimum absolute atomic E-state index is 0.133. The van der Waals surface area contributed by atoms with Crippen LogP contribution in [0.3, 0.4) is 0 Å². The van der Waals surface area contributed by atoms with E-state index in [1.165, 1.54) is 0 Å². The number of rotatable bonds is 5. The van der Waals surface area contributed by atoms with Crippen LogP contribution in [0, 0.1) is 0 Å². The topological polar surface area (TPSA) is 63.2 Å². The number of fused-ring (bicyclic) bond motifs is 1. The van der Waals surface area contributed by atoms with E-state index in [2.05, 4.69) is 15.6 Å². The average molecular weight is 375 g/mol. The number of aryl methyl sites for hydroxylation is 1. The minimum atomic E-state index is -0.133. The van der Waals surface area contributed by atoms with Crippen LogP contribution in [0.15, 0.2) is 54.7 Å². The van der Waals surface area contributed by atoms with Crippen molar-refractivity contribution in [2.45, 2.75) is 32.3 Å². The third-order valence-corrected chi connectivity index (χ3v) is 5.17. The molecule has 2 aromatic carbocycles. The molecular formula is C23H25N3O2. The molecule has 144 valence electrons. The van der Waals surface area contributed by atoms with E-state index >= 15 is 0 Å². The van der Waals surface area contributed by atoms with Gasteiger partial charge in [-0.3, -0.25) is 4.79 Å². The zero-order chi connectivity index (χ0) is 19.3. The first-order valence-corrected chi connectivity index (χ1v) is 9.89. The molecule has 5 nitrogen and oxygen atoms in total.